The van der Waals surface area contributed by atoms with Crippen LogP contribution in [0.5, 0.6) is 0 Å². The molecule has 2 N–H and O–H groups in total. The molecule has 0 bridgehead atoms. The number of nitrogens with zero attached hydrogens (tertiary/aromatic N) is 1. The maximum Gasteiger partial charge on any atom is 0.335 e. The molecule has 0 aliphatic carbocycles. The van der Waals surface area contributed by atoms with Gasteiger partial charge in [-0.25, -0.2) is 4.79 Å². The Kier molecular flexibility index (Phi) is 4.01. The maximum absolute atomic E-state index is 12.5. The van der Waals surface area contributed by atoms with Gasteiger partial charge in [0.15, 0.2) is 0 Å². The molecule has 0 saturated carbocycles. The van der Waals surface area contributed by atoms with E-state index in [4.69, 9.17) is 5.11 Å². The molecule has 1 saturated heterocycles. The third-order valence-electron chi connectivity index (χ3n) is 5.14. The number of hydrogen-bond acceptors (Lipinski definition) is 3. The van der Waals surface area contributed by atoms with Gasteiger partial charge in [0.05, 0.1) is 5.56 Å². The summed E-state index contributed by atoms with van der Waals surface area (Å²) in [6.45, 7) is 2.51. The van der Waals surface area contributed by atoms with Crippen molar-refractivity contribution in [2.45, 2.75) is 25.3 Å². The van der Waals surface area contributed by atoms with Crippen molar-refractivity contribution in [3.8, 4) is 0 Å². The summed E-state index contributed by atoms with van der Waals surface area (Å²) in [5.74, 6) is -0.700. The summed E-state index contributed by atoms with van der Waals surface area (Å²) in [5.41, 5.74) is 4.88. The van der Waals surface area contributed by atoms with Crippen LogP contribution in [0, 0.1) is 0 Å². The molecule has 1 atom stereocenters. The zero-order valence-electron chi connectivity index (χ0n) is 13.9. The standard InChI is InChI=1S/C20H20N2O3/c23-19-10-17(13-1-3-14(4-2-13)20(24)25)12-22(19)18-6-5-16-11-21-8-7-15(16)9-18/h1-6,9,17,21H,7-8,10-12H2,(H,24,25). The molecule has 2 aromatic carbocycles. The summed E-state index contributed by atoms with van der Waals surface area (Å²) in [5, 5.41) is 12.4. The number of carboxylic acid groups (broad SMARTS) is 1. The largest absolute Gasteiger partial charge is 0.478 e. The second kappa shape index (κ2) is 6.33. The number of carbonyl (C=O) groups excluding carboxylic acids is 1. The highest BCUT2D eigenvalue weighted by molar-refractivity contribution is 5.96. The number of anilines is 1. The quantitative estimate of drug-likeness (QED) is 0.904. The van der Waals surface area contributed by atoms with Crippen LogP contribution in [0.3, 0.4) is 0 Å². The van der Waals surface area contributed by atoms with E-state index < -0.39 is 5.97 Å². The molecule has 0 aromatic heterocycles. The number of fused-ring (bicyclic) bond motifs is 1. The van der Waals surface area contributed by atoms with Gasteiger partial charge in [0.1, 0.15) is 0 Å². The van der Waals surface area contributed by atoms with Crippen LogP contribution in [-0.2, 0) is 17.8 Å². The van der Waals surface area contributed by atoms with Crippen LogP contribution < -0.4 is 10.2 Å². The monoisotopic (exact) mass is 336 g/mol. The number of nitrogens with one attached hydrogen (secondary N) is 1. The van der Waals surface area contributed by atoms with Gasteiger partial charge in [-0.05, 0) is 53.9 Å². The SMILES string of the molecule is O=C(O)c1ccc(C2CC(=O)N(c3ccc4c(c3)CCNC4)C2)cc1. The molecule has 1 amide bonds. The smallest absolute Gasteiger partial charge is 0.335 e. The summed E-state index contributed by atoms with van der Waals surface area (Å²) < 4.78 is 0. The normalized spacial score (nSPS) is 19.8. The summed E-state index contributed by atoms with van der Waals surface area (Å²) >= 11 is 0. The molecule has 0 spiro atoms. The van der Waals surface area contributed by atoms with E-state index in [1.165, 1.54) is 11.1 Å². The van der Waals surface area contributed by atoms with E-state index >= 15 is 0 Å². The van der Waals surface area contributed by atoms with Crippen LogP contribution >= 0.6 is 0 Å². The van der Waals surface area contributed by atoms with E-state index in [2.05, 4.69) is 17.4 Å². The Morgan fingerprint density at radius 3 is 2.68 bits per heavy atom. The van der Waals surface area contributed by atoms with Crippen molar-refractivity contribution in [2.75, 3.05) is 18.0 Å². The van der Waals surface area contributed by atoms with Crippen molar-refractivity contribution < 1.29 is 14.7 Å². The van der Waals surface area contributed by atoms with Crippen molar-refractivity contribution in [3.05, 3.63) is 64.7 Å². The lowest BCUT2D eigenvalue weighted by molar-refractivity contribution is -0.117. The minimum absolute atomic E-state index is 0.105. The number of aromatic carboxylic acids is 1. The Morgan fingerprint density at radius 1 is 1.12 bits per heavy atom. The molecule has 0 radical (unpaired) electrons. The molecule has 2 aliphatic heterocycles. The topological polar surface area (TPSA) is 69.6 Å². The molecule has 128 valence electrons. The van der Waals surface area contributed by atoms with Gasteiger partial charge in [0.2, 0.25) is 5.91 Å². The van der Waals surface area contributed by atoms with E-state index in [1.807, 2.05) is 23.1 Å². The highest BCUT2D eigenvalue weighted by Crippen LogP contribution is 2.33. The van der Waals surface area contributed by atoms with Gasteiger partial charge in [0, 0.05) is 31.1 Å². The Morgan fingerprint density at radius 2 is 1.92 bits per heavy atom. The first kappa shape index (κ1) is 15.8. The van der Waals surface area contributed by atoms with E-state index in [9.17, 15) is 9.59 Å². The lowest BCUT2D eigenvalue weighted by Gasteiger charge is -2.22. The van der Waals surface area contributed by atoms with Gasteiger partial charge in [-0.1, -0.05) is 18.2 Å². The van der Waals surface area contributed by atoms with Crippen LogP contribution in [0.1, 0.15) is 39.4 Å². The third-order valence-corrected chi connectivity index (χ3v) is 5.14. The van der Waals surface area contributed by atoms with Crippen molar-refractivity contribution in [3.63, 3.8) is 0 Å². The van der Waals surface area contributed by atoms with Crippen molar-refractivity contribution in [1.82, 2.24) is 5.32 Å². The fourth-order valence-electron chi connectivity index (χ4n) is 3.71. The summed E-state index contributed by atoms with van der Waals surface area (Å²) in [6, 6.07) is 13.1. The molecule has 25 heavy (non-hydrogen) atoms. The first-order valence-corrected chi connectivity index (χ1v) is 8.58. The average Bonchev–Trinajstić information content (AvgIpc) is 3.03. The highest BCUT2D eigenvalue weighted by Gasteiger charge is 2.32. The molecule has 4 rings (SSSR count). The van der Waals surface area contributed by atoms with E-state index in [-0.39, 0.29) is 17.4 Å². The Hall–Kier alpha value is -2.66. The summed E-state index contributed by atoms with van der Waals surface area (Å²) in [6.07, 6.45) is 1.45. The second-order valence-corrected chi connectivity index (χ2v) is 6.71. The lowest BCUT2D eigenvalue weighted by atomic mass is 9.97. The number of hydrogen-bond donors (Lipinski definition) is 2. The molecule has 2 aliphatic rings. The fourth-order valence-corrected chi connectivity index (χ4v) is 3.71. The molecule has 2 heterocycles. The van der Waals surface area contributed by atoms with Gasteiger partial charge >= 0.3 is 5.97 Å². The van der Waals surface area contributed by atoms with Gasteiger partial charge in [-0.2, -0.15) is 0 Å². The van der Waals surface area contributed by atoms with Gasteiger partial charge in [-0.3, -0.25) is 4.79 Å². The third kappa shape index (κ3) is 3.03. The molecule has 1 unspecified atom stereocenters. The number of amides is 1. The minimum atomic E-state index is -0.931. The first-order valence-electron chi connectivity index (χ1n) is 8.58. The van der Waals surface area contributed by atoms with Crippen LogP contribution in [0.25, 0.3) is 0 Å². The van der Waals surface area contributed by atoms with E-state index in [0.717, 1.165) is 30.8 Å². The van der Waals surface area contributed by atoms with E-state index in [1.54, 1.807) is 12.1 Å². The van der Waals surface area contributed by atoms with Gasteiger partial charge < -0.3 is 15.3 Å². The van der Waals surface area contributed by atoms with Crippen LogP contribution in [0.4, 0.5) is 5.69 Å². The van der Waals surface area contributed by atoms with Crippen LogP contribution in [-0.4, -0.2) is 30.1 Å². The van der Waals surface area contributed by atoms with Crippen LogP contribution in [0.15, 0.2) is 42.5 Å². The molecule has 1 fully saturated rings. The van der Waals surface area contributed by atoms with Crippen molar-refractivity contribution in [1.29, 1.82) is 0 Å². The number of rotatable bonds is 3. The summed E-state index contributed by atoms with van der Waals surface area (Å²) in [4.78, 5) is 25.4. The molecule has 2 aromatic rings. The second-order valence-electron chi connectivity index (χ2n) is 6.71. The number of benzene rings is 2. The summed E-state index contributed by atoms with van der Waals surface area (Å²) in [7, 11) is 0. The molecule has 5 heteroatoms. The van der Waals surface area contributed by atoms with Gasteiger partial charge in [0.25, 0.3) is 0 Å². The minimum Gasteiger partial charge on any atom is -0.478 e. The number of carboxylic acids is 1. The van der Waals surface area contributed by atoms with Crippen molar-refractivity contribution in [2.24, 2.45) is 0 Å². The van der Waals surface area contributed by atoms with Crippen molar-refractivity contribution >= 4 is 17.6 Å². The van der Waals surface area contributed by atoms with Gasteiger partial charge in [-0.15, -0.1) is 0 Å². The van der Waals surface area contributed by atoms with E-state index in [0.29, 0.717) is 13.0 Å². The Bertz CT molecular complexity index is 829. The molecule has 5 nitrogen and oxygen atoms in total. The predicted molar refractivity (Wildman–Crippen MR) is 95.0 cm³/mol. The fraction of sp³-hybridized carbons (Fsp3) is 0.300. The predicted octanol–water partition coefficient (Wildman–Crippen LogP) is 2.55. The highest BCUT2D eigenvalue weighted by atomic mass is 16.4. The van der Waals surface area contributed by atoms with Crippen LogP contribution in [0.2, 0.25) is 0 Å². The number of carbonyl (C=O) groups is 2. The maximum atomic E-state index is 12.5. The first-order chi connectivity index (χ1) is 12.1. The molecular weight excluding hydrogens is 316 g/mol. The lowest BCUT2D eigenvalue weighted by Crippen LogP contribution is -2.27. The molecular formula is C20H20N2O3. The Balaban J connectivity index is 1.55. The zero-order valence-corrected chi connectivity index (χ0v) is 13.9. The average molecular weight is 336 g/mol. The zero-order chi connectivity index (χ0) is 17.4. The Labute approximate surface area is 146 Å².